The standard InChI is InChI=1S/C27H35BF6N6O5/c29-26(30,31)18-4-1-16(2-5-18)13-22(39-24(42)21(37)7-8-23(41)40(11-9-35)12-10-36)25(43)38-15-17-3-6-19(28(44)45)14-20(17)27(32,33)34/h1-6,14,21-22,44-45H,7-13,15,35-37H2,(H,38,43)(H,39,42)/t21-,22+/m0/s1. The number of carbonyl (C=O) groups is 3. The van der Waals surface area contributed by atoms with Crippen LogP contribution in [0.1, 0.15) is 35.1 Å². The molecule has 0 radical (unpaired) electrons. The first-order valence-electron chi connectivity index (χ1n) is 13.7. The zero-order chi connectivity index (χ0) is 33.9. The van der Waals surface area contributed by atoms with E-state index in [0.717, 1.165) is 36.4 Å². The molecular formula is C27H35BF6N6O5. The highest BCUT2D eigenvalue weighted by Gasteiger charge is 2.35. The molecular weight excluding hydrogens is 613 g/mol. The molecule has 0 spiro atoms. The molecule has 10 N–H and O–H groups in total. The lowest BCUT2D eigenvalue weighted by atomic mass is 9.78. The third-order valence-corrected chi connectivity index (χ3v) is 6.70. The first-order valence-corrected chi connectivity index (χ1v) is 13.7. The van der Waals surface area contributed by atoms with Crippen molar-refractivity contribution in [3.63, 3.8) is 0 Å². The summed E-state index contributed by atoms with van der Waals surface area (Å²) in [5.74, 6) is -2.24. The Labute approximate surface area is 255 Å². The van der Waals surface area contributed by atoms with Crippen molar-refractivity contribution in [2.75, 3.05) is 26.2 Å². The van der Waals surface area contributed by atoms with E-state index in [0.29, 0.717) is 6.07 Å². The number of nitrogens with one attached hydrogen (secondary N) is 2. The Balaban J connectivity index is 2.23. The van der Waals surface area contributed by atoms with Gasteiger partial charge in [0.1, 0.15) is 6.04 Å². The third kappa shape index (κ3) is 11.6. The van der Waals surface area contributed by atoms with Crippen LogP contribution in [0.15, 0.2) is 42.5 Å². The van der Waals surface area contributed by atoms with Gasteiger partial charge in [0.2, 0.25) is 17.7 Å². The van der Waals surface area contributed by atoms with Gasteiger partial charge < -0.3 is 42.8 Å². The van der Waals surface area contributed by atoms with Crippen LogP contribution in [0, 0.1) is 0 Å². The highest BCUT2D eigenvalue weighted by Crippen LogP contribution is 2.32. The Bertz CT molecular complexity index is 1290. The van der Waals surface area contributed by atoms with Crippen molar-refractivity contribution in [3.8, 4) is 0 Å². The molecule has 0 aliphatic carbocycles. The van der Waals surface area contributed by atoms with Crippen molar-refractivity contribution in [3.05, 3.63) is 64.7 Å². The van der Waals surface area contributed by atoms with Crippen LogP contribution >= 0.6 is 0 Å². The summed E-state index contributed by atoms with van der Waals surface area (Å²) in [6, 6.07) is 3.37. The second-order valence-electron chi connectivity index (χ2n) is 10.1. The van der Waals surface area contributed by atoms with Crippen LogP contribution in [0.2, 0.25) is 0 Å². The van der Waals surface area contributed by atoms with Crippen LogP contribution in [-0.2, 0) is 39.7 Å². The maximum Gasteiger partial charge on any atom is 0.488 e. The van der Waals surface area contributed by atoms with Crippen LogP contribution < -0.4 is 33.3 Å². The number of alkyl halides is 6. The van der Waals surface area contributed by atoms with Crippen LogP contribution in [0.25, 0.3) is 0 Å². The second-order valence-corrected chi connectivity index (χ2v) is 10.1. The lowest BCUT2D eigenvalue weighted by molar-refractivity contribution is -0.138. The number of nitrogens with two attached hydrogens (primary N) is 3. The largest absolute Gasteiger partial charge is 0.488 e. The smallest absolute Gasteiger partial charge is 0.423 e. The molecule has 18 heteroatoms. The average molecular weight is 648 g/mol. The number of amides is 3. The fourth-order valence-electron chi connectivity index (χ4n) is 4.27. The van der Waals surface area contributed by atoms with E-state index in [1.54, 1.807) is 0 Å². The van der Waals surface area contributed by atoms with E-state index in [4.69, 9.17) is 17.2 Å². The summed E-state index contributed by atoms with van der Waals surface area (Å²) >= 11 is 0. The molecule has 45 heavy (non-hydrogen) atoms. The Morgan fingerprint density at radius 3 is 2.00 bits per heavy atom. The summed E-state index contributed by atoms with van der Waals surface area (Å²) in [5, 5.41) is 23.1. The van der Waals surface area contributed by atoms with E-state index in [1.807, 2.05) is 0 Å². The highest BCUT2D eigenvalue weighted by molar-refractivity contribution is 6.58. The average Bonchev–Trinajstić information content (AvgIpc) is 2.97. The van der Waals surface area contributed by atoms with E-state index in [9.17, 15) is 50.8 Å². The normalized spacial score (nSPS) is 13.1. The summed E-state index contributed by atoms with van der Waals surface area (Å²) in [6.45, 7) is 0.111. The van der Waals surface area contributed by atoms with Crippen LogP contribution in [0.5, 0.6) is 0 Å². The number of benzene rings is 2. The predicted molar refractivity (Wildman–Crippen MR) is 152 cm³/mol. The van der Waals surface area contributed by atoms with Gasteiger partial charge in [0.15, 0.2) is 0 Å². The van der Waals surface area contributed by atoms with Crippen molar-refractivity contribution < 1.29 is 50.8 Å². The molecule has 2 atom stereocenters. The molecule has 0 aliphatic rings. The minimum Gasteiger partial charge on any atom is -0.423 e. The Morgan fingerprint density at radius 2 is 1.49 bits per heavy atom. The molecule has 248 valence electrons. The Morgan fingerprint density at radius 1 is 0.889 bits per heavy atom. The maximum absolute atomic E-state index is 13.6. The van der Waals surface area contributed by atoms with Crippen molar-refractivity contribution in [2.24, 2.45) is 17.2 Å². The van der Waals surface area contributed by atoms with Gasteiger partial charge in [-0.25, -0.2) is 0 Å². The number of halogens is 6. The second kappa shape index (κ2) is 16.6. The number of hydrogen-bond acceptors (Lipinski definition) is 8. The fraction of sp³-hybridized carbons (Fsp3) is 0.444. The van der Waals surface area contributed by atoms with Gasteiger partial charge in [-0.2, -0.15) is 26.3 Å². The minimum absolute atomic E-state index is 0.150. The summed E-state index contributed by atoms with van der Waals surface area (Å²) < 4.78 is 79.9. The molecule has 3 amide bonds. The molecule has 0 bridgehead atoms. The fourth-order valence-corrected chi connectivity index (χ4v) is 4.27. The van der Waals surface area contributed by atoms with Crippen LogP contribution in [0.3, 0.4) is 0 Å². The Hall–Kier alpha value is -3.71. The van der Waals surface area contributed by atoms with Gasteiger partial charge in [-0.15, -0.1) is 0 Å². The molecule has 11 nitrogen and oxygen atoms in total. The van der Waals surface area contributed by atoms with Crippen molar-refractivity contribution in [1.29, 1.82) is 0 Å². The lowest BCUT2D eigenvalue weighted by Gasteiger charge is -2.23. The van der Waals surface area contributed by atoms with Gasteiger partial charge in [-0.3, -0.25) is 14.4 Å². The van der Waals surface area contributed by atoms with Gasteiger partial charge in [0, 0.05) is 45.6 Å². The zero-order valence-electron chi connectivity index (χ0n) is 24.0. The first kappa shape index (κ1) is 37.5. The molecule has 0 saturated carbocycles. The SMILES string of the molecule is NCCN(CCN)C(=O)CC[C@H](N)C(=O)N[C@H](Cc1ccc(C(F)(F)F)cc1)C(=O)NCc1ccc(B(O)O)cc1C(F)(F)F. The molecule has 0 heterocycles. The molecule has 0 aliphatic heterocycles. The van der Waals surface area contributed by atoms with Gasteiger partial charge in [0.25, 0.3) is 0 Å². The molecule has 0 unspecified atom stereocenters. The summed E-state index contributed by atoms with van der Waals surface area (Å²) in [4.78, 5) is 39.9. The van der Waals surface area contributed by atoms with Gasteiger partial charge in [-0.05, 0) is 41.2 Å². The van der Waals surface area contributed by atoms with E-state index in [1.165, 1.54) is 4.90 Å². The molecule has 0 fully saturated rings. The molecule has 0 saturated heterocycles. The molecule has 0 aromatic heterocycles. The van der Waals surface area contributed by atoms with E-state index in [2.05, 4.69) is 10.6 Å². The third-order valence-electron chi connectivity index (χ3n) is 6.70. The molecule has 2 aromatic carbocycles. The summed E-state index contributed by atoms with van der Waals surface area (Å²) in [6.07, 6.45) is -10.2. The number of hydrogen-bond donors (Lipinski definition) is 7. The lowest BCUT2D eigenvalue weighted by Crippen LogP contribution is -2.52. The first-order chi connectivity index (χ1) is 21.0. The van der Waals surface area contributed by atoms with Crippen LogP contribution in [0.4, 0.5) is 26.3 Å². The van der Waals surface area contributed by atoms with E-state index in [-0.39, 0.29) is 56.9 Å². The number of nitrogens with zero attached hydrogens (tertiary/aromatic N) is 1. The van der Waals surface area contributed by atoms with E-state index < -0.39 is 72.1 Å². The molecule has 2 rings (SSSR count). The monoisotopic (exact) mass is 648 g/mol. The van der Waals surface area contributed by atoms with Gasteiger partial charge >= 0.3 is 19.5 Å². The predicted octanol–water partition coefficient (Wildman–Crippen LogP) is -0.399. The van der Waals surface area contributed by atoms with Gasteiger partial charge in [-0.1, -0.05) is 24.3 Å². The topological polar surface area (TPSA) is 197 Å². The quantitative estimate of drug-likeness (QED) is 0.100. The minimum atomic E-state index is -4.92. The Kier molecular flexibility index (Phi) is 13.8. The van der Waals surface area contributed by atoms with Crippen molar-refractivity contribution in [2.45, 2.75) is 50.2 Å². The van der Waals surface area contributed by atoms with Gasteiger partial charge in [0.05, 0.1) is 17.2 Å². The van der Waals surface area contributed by atoms with Crippen molar-refractivity contribution >= 4 is 30.3 Å². The zero-order valence-corrected chi connectivity index (χ0v) is 24.0. The summed E-state index contributed by atoms with van der Waals surface area (Å²) in [5.41, 5.74) is 14.0. The van der Waals surface area contributed by atoms with Crippen molar-refractivity contribution in [1.82, 2.24) is 15.5 Å². The highest BCUT2D eigenvalue weighted by atomic mass is 19.4. The maximum atomic E-state index is 13.6. The number of rotatable bonds is 15. The summed E-state index contributed by atoms with van der Waals surface area (Å²) in [7, 11) is -2.18. The number of carbonyl (C=O) groups excluding carboxylic acids is 3. The molecule has 2 aromatic rings. The van der Waals surface area contributed by atoms with E-state index >= 15 is 0 Å². The van der Waals surface area contributed by atoms with Crippen LogP contribution in [-0.4, -0.2) is 78.1 Å².